The second-order valence-corrected chi connectivity index (χ2v) is 4.24. The SMILES string of the molecule is CN(C)CCCCNC(=O)c1cc(N)ccn1. The number of nitrogens with zero attached hydrogens (tertiary/aromatic N) is 2. The van der Waals surface area contributed by atoms with Gasteiger partial charge in [0.05, 0.1) is 0 Å². The van der Waals surface area contributed by atoms with Gasteiger partial charge in [0.15, 0.2) is 0 Å². The second-order valence-electron chi connectivity index (χ2n) is 4.24. The van der Waals surface area contributed by atoms with Crippen LogP contribution >= 0.6 is 0 Å². The van der Waals surface area contributed by atoms with E-state index in [9.17, 15) is 4.79 Å². The van der Waals surface area contributed by atoms with Gasteiger partial charge in [-0.2, -0.15) is 0 Å². The summed E-state index contributed by atoms with van der Waals surface area (Å²) in [7, 11) is 4.07. The van der Waals surface area contributed by atoms with E-state index in [1.54, 1.807) is 12.1 Å². The van der Waals surface area contributed by atoms with Crippen molar-refractivity contribution < 1.29 is 4.79 Å². The lowest BCUT2D eigenvalue weighted by molar-refractivity contribution is 0.0948. The number of pyridine rings is 1. The molecule has 1 aromatic heterocycles. The van der Waals surface area contributed by atoms with E-state index in [1.807, 2.05) is 14.1 Å². The molecule has 1 aromatic rings. The average Bonchev–Trinajstić information content (AvgIpc) is 2.28. The second kappa shape index (κ2) is 6.85. The number of amides is 1. The highest BCUT2D eigenvalue weighted by Gasteiger charge is 2.05. The van der Waals surface area contributed by atoms with Gasteiger partial charge in [0.2, 0.25) is 0 Å². The Labute approximate surface area is 102 Å². The van der Waals surface area contributed by atoms with Gasteiger partial charge >= 0.3 is 0 Å². The fourth-order valence-electron chi connectivity index (χ4n) is 1.42. The predicted molar refractivity (Wildman–Crippen MR) is 68.8 cm³/mol. The van der Waals surface area contributed by atoms with Gasteiger partial charge in [-0.15, -0.1) is 0 Å². The molecule has 0 aliphatic rings. The van der Waals surface area contributed by atoms with Crippen molar-refractivity contribution in [2.24, 2.45) is 0 Å². The van der Waals surface area contributed by atoms with Crippen LogP contribution in [0.1, 0.15) is 23.3 Å². The Balaban J connectivity index is 2.26. The summed E-state index contributed by atoms with van der Waals surface area (Å²) in [6, 6.07) is 3.24. The highest BCUT2D eigenvalue weighted by Crippen LogP contribution is 2.02. The number of aromatic nitrogens is 1. The molecule has 3 N–H and O–H groups in total. The van der Waals surface area contributed by atoms with Crippen LogP contribution in [0.4, 0.5) is 5.69 Å². The van der Waals surface area contributed by atoms with Crippen LogP contribution in [0.2, 0.25) is 0 Å². The first-order valence-corrected chi connectivity index (χ1v) is 5.74. The number of nitrogen functional groups attached to an aromatic ring is 1. The van der Waals surface area contributed by atoms with Crippen molar-refractivity contribution in [3.63, 3.8) is 0 Å². The van der Waals surface area contributed by atoms with E-state index in [0.717, 1.165) is 19.4 Å². The zero-order valence-corrected chi connectivity index (χ0v) is 10.4. The Morgan fingerprint density at radius 3 is 2.88 bits per heavy atom. The molecule has 0 aliphatic carbocycles. The summed E-state index contributed by atoms with van der Waals surface area (Å²) in [4.78, 5) is 17.7. The van der Waals surface area contributed by atoms with E-state index >= 15 is 0 Å². The first kappa shape index (κ1) is 13.4. The van der Waals surface area contributed by atoms with Gasteiger partial charge in [-0.3, -0.25) is 9.78 Å². The molecular formula is C12H20N4O. The summed E-state index contributed by atoms with van der Waals surface area (Å²) in [6.07, 6.45) is 3.57. The van der Waals surface area contributed by atoms with Crippen LogP contribution in [0.25, 0.3) is 0 Å². The molecule has 0 aliphatic heterocycles. The highest BCUT2D eigenvalue weighted by atomic mass is 16.1. The van der Waals surface area contributed by atoms with E-state index < -0.39 is 0 Å². The summed E-state index contributed by atoms with van der Waals surface area (Å²) < 4.78 is 0. The summed E-state index contributed by atoms with van der Waals surface area (Å²) >= 11 is 0. The first-order chi connectivity index (χ1) is 8.09. The molecule has 5 nitrogen and oxygen atoms in total. The number of carbonyl (C=O) groups excluding carboxylic acids is 1. The molecule has 0 bridgehead atoms. The Kier molecular flexibility index (Phi) is 5.42. The normalized spacial score (nSPS) is 10.5. The molecule has 17 heavy (non-hydrogen) atoms. The number of unbranched alkanes of at least 4 members (excludes halogenated alkanes) is 1. The zero-order valence-electron chi connectivity index (χ0n) is 10.4. The smallest absolute Gasteiger partial charge is 0.269 e. The molecule has 0 aromatic carbocycles. The molecule has 0 spiro atoms. The van der Waals surface area contributed by atoms with Crippen molar-refractivity contribution in [1.29, 1.82) is 0 Å². The van der Waals surface area contributed by atoms with Crippen LogP contribution in [0.15, 0.2) is 18.3 Å². The van der Waals surface area contributed by atoms with Gasteiger partial charge in [0.25, 0.3) is 5.91 Å². The quantitative estimate of drug-likeness (QED) is 0.714. The summed E-state index contributed by atoms with van der Waals surface area (Å²) in [6.45, 7) is 1.70. The molecule has 1 amide bonds. The summed E-state index contributed by atoms with van der Waals surface area (Å²) in [5.41, 5.74) is 6.51. The molecule has 0 atom stereocenters. The van der Waals surface area contributed by atoms with Gasteiger partial charge in [-0.25, -0.2) is 0 Å². The Bertz CT molecular complexity index is 365. The number of nitrogens with two attached hydrogens (primary N) is 1. The molecule has 0 radical (unpaired) electrons. The van der Waals surface area contributed by atoms with E-state index in [2.05, 4.69) is 15.2 Å². The lowest BCUT2D eigenvalue weighted by Gasteiger charge is -2.09. The van der Waals surface area contributed by atoms with Crippen molar-refractivity contribution in [3.05, 3.63) is 24.0 Å². The third-order valence-electron chi connectivity index (χ3n) is 2.33. The van der Waals surface area contributed by atoms with Crippen LogP contribution in [-0.4, -0.2) is 43.0 Å². The fourth-order valence-corrected chi connectivity index (χ4v) is 1.42. The minimum atomic E-state index is -0.165. The van der Waals surface area contributed by atoms with Gasteiger partial charge < -0.3 is 16.0 Å². The number of hydrogen-bond donors (Lipinski definition) is 2. The third kappa shape index (κ3) is 5.31. The summed E-state index contributed by atoms with van der Waals surface area (Å²) in [5.74, 6) is -0.165. The Hall–Kier alpha value is -1.62. The van der Waals surface area contributed by atoms with Gasteiger partial charge in [0, 0.05) is 18.4 Å². The molecule has 94 valence electrons. The van der Waals surface area contributed by atoms with Crippen LogP contribution < -0.4 is 11.1 Å². The van der Waals surface area contributed by atoms with Crippen LogP contribution in [0.5, 0.6) is 0 Å². The minimum absolute atomic E-state index is 0.165. The number of carbonyl (C=O) groups is 1. The maximum absolute atomic E-state index is 11.7. The van der Waals surface area contributed by atoms with Gasteiger partial charge in [-0.1, -0.05) is 0 Å². The van der Waals surface area contributed by atoms with E-state index in [0.29, 0.717) is 17.9 Å². The van der Waals surface area contributed by atoms with Crippen LogP contribution in [-0.2, 0) is 0 Å². The third-order valence-corrected chi connectivity index (χ3v) is 2.33. The van der Waals surface area contributed by atoms with Crippen molar-refractivity contribution in [3.8, 4) is 0 Å². The zero-order chi connectivity index (χ0) is 12.7. The number of anilines is 1. The Morgan fingerprint density at radius 1 is 1.47 bits per heavy atom. The van der Waals surface area contributed by atoms with E-state index in [-0.39, 0.29) is 5.91 Å². The predicted octanol–water partition coefficient (Wildman–Crippen LogP) is 0.735. The molecule has 5 heteroatoms. The van der Waals surface area contributed by atoms with E-state index in [1.165, 1.54) is 6.20 Å². The molecule has 0 saturated heterocycles. The standard InChI is InChI=1S/C12H20N4O/c1-16(2)8-4-3-6-15-12(17)11-9-10(13)5-7-14-11/h5,7,9H,3-4,6,8H2,1-2H3,(H2,13,14)(H,15,17). The van der Waals surface area contributed by atoms with Crippen LogP contribution in [0.3, 0.4) is 0 Å². The van der Waals surface area contributed by atoms with Gasteiger partial charge in [0.1, 0.15) is 5.69 Å². The molecule has 0 saturated carbocycles. The fraction of sp³-hybridized carbons (Fsp3) is 0.500. The molecule has 1 heterocycles. The minimum Gasteiger partial charge on any atom is -0.399 e. The topological polar surface area (TPSA) is 71.2 Å². The summed E-state index contributed by atoms with van der Waals surface area (Å²) in [5, 5.41) is 2.82. The first-order valence-electron chi connectivity index (χ1n) is 5.74. The maximum atomic E-state index is 11.7. The molecule has 1 rings (SSSR count). The maximum Gasteiger partial charge on any atom is 0.269 e. The number of hydrogen-bond acceptors (Lipinski definition) is 4. The lowest BCUT2D eigenvalue weighted by atomic mass is 10.2. The van der Waals surface area contributed by atoms with E-state index in [4.69, 9.17) is 5.73 Å². The van der Waals surface area contributed by atoms with Crippen molar-refractivity contribution in [1.82, 2.24) is 15.2 Å². The molecule has 0 unspecified atom stereocenters. The number of rotatable bonds is 6. The van der Waals surface area contributed by atoms with Crippen molar-refractivity contribution in [2.45, 2.75) is 12.8 Å². The van der Waals surface area contributed by atoms with Crippen molar-refractivity contribution >= 4 is 11.6 Å². The Morgan fingerprint density at radius 2 is 2.24 bits per heavy atom. The highest BCUT2D eigenvalue weighted by molar-refractivity contribution is 5.92. The average molecular weight is 236 g/mol. The van der Waals surface area contributed by atoms with Gasteiger partial charge in [-0.05, 0) is 45.6 Å². The largest absolute Gasteiger partial charge is 0.399 e. The number of nitrogens with one attached hydrogen (secondary N) is 1. The molecular weight excluding hydrogens is 216 g/mol. The lowest BCUT2D eigenvalue weighted by Crippen LogP contribution is -2.26. The van der Waals surface area contributed by atoms with Crippen molar-refractivity contribution in [2.75, 3.05) is 32.9 Å². The molecule has 0 fully saturated rings. The van der Waals surface area contributed by atoms with Crippen LogP contribution in [0, 0.1) is 0 Å². The monoisotopic (exact) mass is 236 g/mol.